The molecule has 1 aliphatic rings. The highest BCUT2D eigenvalue weighted by Gasteiger charge is 2.35. The lowest BCUT2D eigenvalue weighted by atomic mass is 9.88. The molecule has 14 heteroatoms. The molecule has 4 aromatic rings. The van der Waals surface area contributed by atoms with Crippen molar-refractivity contribution in [2.24, 2.45) is 0 Å². The minimum atomic E-state index is -4.70. The van der Waals surface area contributed by atoms with E-state index in [-0.39, 0.29) is 22.4 Å². The minimum Gasteiger partial charge on any atom is -0.530 e. The molecular weight excluding hydrogens is 709 g/mol. The SMILES string of the molecule is COc1cc(Nc2nccc(N(C(=O)[O-])C(c3cc(C(F)(F)F)ccc3Cl)c3c(C)cc(C)cc3C)n2)ccc1OCCCN1CCN(C(C)C)CC1. The molecule has 0 saturated carbocycles. The maximum Gasteiger partial charge on any atom is 0.416 e. The Morgan fingerprint density at radius 2 is 1.70 bits per heavy atom. The summed E-state index contributed by atoms with van der Waals surface area (Å²) in [5, 5.41) is 16.0. The predicted octanol–water partition coefficient (Wildman–Crippen LogP) is 7.56. The number of nitrogens with zero attached hydrogens (tertiary/aromatic N) is 5. The van der Waals surface area contributed by atoms with Crippen LogP contribution in [0.2, 0.25) is 5.02 Å². The van der Waals surface area contributed by atoms with Crippen LogP contribution in [0.4, 0.5) is 35.4 Å². The third kappa shape index (κ3) is 9.70. The zero-order valence-electron chi connectivity index (χ0n) is 30.8. The zero-order chi connectivity index (χ0) is 38.4. The number of ether oxygens (including phenoxy) is 2. The van der Waals surface area contributed by atoms with Gasteiger partial charge in [-0.05, 0) is 99.7 Å². The molecule has 1 unspecified atom stereocenters. The molecule has 2 heterocycles. The molecule has 53 heavy (non-hydrogen) atoms. The molecule has 0 aliphatic carbocycles. The van der Waals surface area contributed by atoms with Gasteiger partial charge in [0.2, 0.25) is 5.95 Å². The number of amides is 1. The van der Waals surface area contributed by atoms with Gasteiger partial charge in [-0.15, -0.1) is 0 Å². The molecule has 0 radical (unpaired) electrons. The number of carboxylic acid groups (broad SMARTS) is 1. The number of nitrogens with one attached hydrogen (secondary N) is 1. The van der Waals surface area contributed by atoms with Crippen LogP contribution in [0.25, 0.3) is 0 Å². The van der Waals surface area contributed by atoms with Crippen molar-refractivity contribution in [2.75, 3.05) is 56.7 Å². The first-order valence-corrected chi connectivity index (χ1v) is 17.9. The number of piperazine rings is 1. The highest BCUT2D eigenvalue weighted by molar-refractivity contribution is 6.31. The molecule has 5 rings (SSSR count). The van der Waals surface area contributed by atoms with Crippen molar-refractivity contribution < 1.29 is 32.5 Å². The van der Waals surface area contributed by atoms with Crippen LogP contribution in [-0.2, 0) is 6.18 Å². The van der Waals surface area contributed by atoms with Crippen molar-refractivity contribution in [3.05, 3.63) is 99.2 Å². The van der Waals surface area contributed by atoms with Gasteiger partial charge in [0.1, 0.15) is 11.9 Å². The standard InChI is InChI=1S/C39H46ClF3N6O4/c1-24(2)48-17-15-47(16-18-48)14-7-19-53-32-11-9-29(23-33(32)52-6)45-37-44-13-12-34(46-37)49(38(50)51)36(35-26(4)20-25(3)21-27(35)5)30-22-28(39(41,42)43)8-10-31(30)40/h8-13,20-24,36H,7,14-19H2,1-6H3,(H,50,51)(H,44,45,46)/p-1. The third-order valence-electron chi connectivity index (χ3n) is 9.41. The van der Waals surface area contributed by atoms with Crippen LogP contribution in [-0.4, -0.2) is 78.3 Å². The Bertz CT molecular complexity index is 1880. The van der Waals surface area contributed by atoms with Crippen molar-refractivity contribution in [3.63, 3.8) is 0 Å². The quantitative estimate of drug-likeness (QED) is 0.139. The van der Waals surface area contributed by atoms with Crippen molar-refractivity contribution in [1.82, 2.24) is 19.8 Å². The summed E-state index contributed by atoms with van der Waals surface area (Å²) in [6, 6.07) is 12.3. The topological polar surface area (TPSA) is 106 Å². The smallest absolute Gasteiger partial charge is 0.416 e. The Labute approximate surface area is 313 Å². The lowest BCUT2D eigenvalue weighted by molar-refractivity contribution is -0.247. The van der Waals surface area contributed by atoms with Crippen LogP contribution in [0.1, 0.15) is 59.7 Å². The van der Waals surface area contributed by atoms with E-state index in [0.717, 1.165) is 67.8 Å². The number of methoxy groups -OCH3 is 1. The number of anilines is 3. The van der Waals surface area contributed by atoms with Crippen LogP contribution in [0.15, 0.2) is 60.8 Å². The lowest BCUT2D eigenvalue weighted by Crippen LogP contribution is -2.49. The molecule has 0 bridgehead atoms. The molecule has 1 atom stereocenters. The van der Waals surface area contributed by atoms with Crippen LogP contribution < -0.4 is 24.8 Å². The molecule has 1 amide bonds. The number of alkyl halides is 3. The summed E-state index contributed by atoms with van der Waals surface area (Å²) < 4.78 is 53.5. The number of rotatable bonds is 13. The summed E-state index contributed by atoms with van der Waals surface area (Å²) >= 11 is 6.55. The second-order valence-corrected chi connectivity index (χ2v) is 13.9. The Balaban J connectivity index is 1.39. The van der Waals surface area contributed by atoms with Crippen LogP contribution in [0.5, 0.6) is 11.5 Å². The number of hydrogen-bond acceptors (Lipinski definition) is 9. The van der Waals surface area contributed by atoms with E-state index in [2.05, 4.69) is 38.9 Å². The number of carbonyl (C=O) groups is 1. The summed E-state index contributed by atoms with van der Waals surface area (Å²) in [4.78, 5) is 27.5. The fourth-order valence-corrected chi connectivity index (χ4v) is 7.04. The first kappa shape index (κ1) is 39.6. The molecule has 284 valence electrons. The monoisotopic (exact) mass is 753 g/mol. The first-order valence-electron chi connectivity index (χ1n) is 17.5. The Morgan fingerprint density at radius 1 is 1.00 bits per heavy atom. The van der Waals surface area contributed by atoms with E-state index in [0.29, 0.717) is 46.5 Å². The molecule has 1 N–H and O–H groups in total. The van der Waals surface area contributed by atoms with Gasteiger partial charge in [0.25, 0.3) is 0 Å². The van der Waals surface area contributed by atoms with Gasteiger partial charge < -0.3 is 34.5 Å². The molecular formula is C39H45ClF3N6O4-. The van der Waals surface area contributed by atoms with Gasteiger partial charge in [0.05, 0.1) is 25.3 Å². The molecule has 3 aromatic carbocycles. The van der Waals surface area contributed by atoms with E-state index in [9.17, 15) is 23.1 Å². The van der Waals surface area contributed by atoms with E-state index in [4.69, 9.17) is 21.1 Å². The second kappa shape index (κ2) is 17.0. The summed E-state index contributed by atoms with van der Waals surface area (Å²) in [5.74, 6) is 0.911. The molecule has 1 saturated heterocycles. The summed E-state index contributed by atoms with van der Waals surface area (Å²) in [7, 11) is 1.53. The molecule has 1 aliphatic heterocycles. The maximum atomic E-state index is 13.9. The number of aryl methyl sites for hydroxylation is 3. The van der Waals surface area contributed by atoms with Crippen molar-refractivity contribution >= 4 is 35.1 Å². The van der Waals surface area contributed by atoms with E-state index >= 15 is 0 Å². The average Bonchev–Trinajstić information content (AvgIpc) is 3.09. The number of benzene rings is 3. The number of carbonyl (C=O) groups excluding carboxylic acids is 1. The number of halogens is 4. The van der Waals surface area contributed by atoms with E-state index in [1.54, 1.807) is 32.0 Å². The van der Waals surface area contributed by atoms with Gasteiger partial charge in [-0.3, -0.25) is 4.90 Å². The van der Waals surface area contributed by atoms with Gasteiger partial charge in [-0.25, -0.2) is 4.98 Å². The predicted molar refractivity (Wildman–Crippen MR) is 198 cm³/mol. The van der Waals surface area contributed by atoms with E-state index in [1.165, 1.54) is 19.4 Å². The van der Waals surface area contributed by atoms with Gasteiger partial charge in [0, 0.05) is 61.7 Å². The van der Waals surface area contributed by atoms with E-state index in [1.807, 2.05) is 19.1 Å². The highest BCUT2D eigenvalue weighted by Crippen LogP contribution is 2.42. The molecule has 1 fully saturated rings. The fraction of sp³-hybridized carbons (Fsp3) is 0.410. The van der Waals surface area contributed by atoms with Gasteiger partial charge in [-0.2, -0.15) is 18.2 Å². The first-order chi connectivity index (χ1) is 25.2. The average molecular weight is 754 g/mol. The van der Waals surface area contributed by atoms with Gasteiger partial charge >= 0.3 is 6.18 Å². The van der Waals surface area contributed by atoms with Crippen molar-refractivity contribution in [1.29, 1.82) is 0 Å². The Morgan fingerprint density at radius 3 is 2.32 bits per heavy atom. The van der Waals surface area contributed by atoms with E-state index < -0.39 is 23.9 Å². The summed E-state index contributed by atoms with van der Waals surface area (Å²) in [5.41, 5.74) is 2.11. The third-order valence-corrected chi connectivity index (χ3v) is 9.75. The fourth-order valence-electron chi connectivity index (χ4n) is 6.82. The number of hydrogen-bond donors (Lipinski definition) is 1. The zero-order valence-corrected chi connectivity index (χ0v) is 31.5. The summed E-state index contributed by atoms with van der Waals surface area (Å²) in [6.07, 6.45) is -4.20. The van der Waals surface area contributed by atoms with Crippen molar-refractivity contribution in [3.8, 4) is 11.5 Å². The van der Waals surface area contributed by atoms with Crippen molar-refractivity contribution in [2.45, 2.75) is 59.3 Å². The number of aromatic nitrogens is 2. The summed E-state index contributed by atoms with van der Waals surface area (Å²) in [6.45, 7) is 15.5. The van der Waals surface area contributed by atoms with Crippen LogP contribution >= 0.6 is 11.6 Å². The maximum absolute atomic E-state index is 13.9. The molecule has 0 spiro atoms. The largest absolute Gasteiger partial charge is 0.530 e. The Kier molecular flexibility index (Phi) is 12.7. The lowest BCUT2D eigenvalue weighted by Gasteiger charge is -2.36. The Hall–Kier alpha value is -4.59. The second-order valence-electron chi connectivity index (χ2n) is 13.5. The minimum absolute atomic E-state index is 0.0216. The normalized spacial score (nSPS) is 14.6. The van der Waals surface area contributed by atoms with Crippen LogP contribution in [0, 0.1) is 20.8 Å². The highest BCUT2D eigenvalue weighted by atomic mass is 35.5. The van der Waals surface area contributed by atoms with Gasteiger partial charge in [0.15, 0.2) is 11.5 Å². The molecule has 1 aromatic heterocycles. The molecule has 10 nitrogen and oxygen atoms in total. The van der Waals surface area contributed by atoms with Crippen LogP contribution in [0.3, 0.4) is 0 Å². The van der Waals surface area contributed by atoms with Gasteiger partial charge in [-0.1, -0.05) is 29.3 Å².